The van der Waals surface area contributed by atoms with E-state index in [1.807, 2.05) is 11.8 Å². The minimum Gasteiger partial charge on any atom is -0.491 e. The summed E-state index contributed by atoms with van der Waals surface area (Å²) in [6, 6.07) is 6.69. The number of para-hydroxylation sites is 1. The summed E-state index contributed by atoms with van der Waals surface area (Å²) in [5, 5.41) is 12.9. The first kappa shape index (κ1) is 15.9. The molecule has 4 nitrogen and oxygen atoms in total. The Labute approximate surface area is 118 Å². The van der Waals surface area contributed by atoms with E-state index in [0.29, 0.717) is 17.6 Å². The topological polar surface area (TPSA) is 58.6 Å². The monoisotopic (exact) mass is 283 g/mol. The largest absolute Gasteiger partial charge is 0.491 e. The Kier molecular flexibility index (Phi) is 7.36. The molecule has 0 aliphatic heterocycles. The average molecular weight is 283 g/mol. The van der Waals surface area contributed by atoms with Crippen LogP contribution in [0.3, 0.4) is 0 Å². The summed E-state index contributed by atoms with van der Waals surface area (Å²) in [5.74, 6) is -0.536. The maximum Gasteiger partial charge on any atom is 0.339 e. The van der Waals surface area contributed by atoms with E-state index in [-0.39, 0.29) is 5.56 Å². The second-order valence-electron chi connectivity index (χ2n) is 4.23. The van der Waals surface area contributed by atoms with Crippen LogP contribution in [0.25, 0.3) is 0 Å². The van der Waals surface area contributed by atoms with E-state index >= 15 is 0 Å². The van der Waals surface area contributed by atoms with Crippen molar-refractivity contribution in [2.24, 2.45) is 0 Å². The average Bonchev–Trinajstić information content (AvgIpc) is 2.42. The third-order valence-corrected chi connectivity index (χ3v) is 3.82. The number of aromatic carboxylic acids is 1. The fraction of sp³-hybridized carbons (Fsp3) is 0.500. The summed E-state index contributed by atoms with van der Waals surface area (Å²) < 4.78 is 5.48. The molecule has 1 atom stereocenters. The second kappa shape index (κ2) is 8.82. The van der Waals surface area contributed by atoms with Gasteiger partial charge in [-0.1, -0.05) is 19.1 Å². The van der Waals surface area contributed by atoms with Crippen molar-refractivity contribution in [2.75, 3.05) is 26.0 Å². The number of ether oxygens (including phenoxy) is 1. The van der Waals surface area contributed by atoms with Gasteiger partial charge < -0.3 is 15.2 Å². The Morgan fingerprint density at radius 3 is 2.84 bits per heavy atom. The lowest BCUT2D eigenvalue weighted by molar-refractivity contribution is 0.0692. The van der Waals surface area contributed by atoms with Gasteiger partial charge in [0.1, 0.15) is 17.9 Å². The van der Waals surface area contributed by atoms with Crippen molar-refractivity contribution in [1.29, 1.82) is 0 Å². The van der Waals surface area contributed by atoms with E-state index in [2.05, 4.69) is 18.5 Å². The minimum atomic E-state index is -0.961. The predicted molar refractivity (Wildman–Crippen MR) is 79.4 cm³/mol. The molecule has 0 amide bonds. The third kappa shape index (κ3) is 5.98. The summed E-state index contributed by atoms with van der Waals surface area (Å²) in [5.41, 5.74) is 0.207. The first-order chi connectivity index (χ1) is 9.15. The van der Waals surface area contributed by atoms with Gasteiger partial charge in [0.15, 0.2) is 0 Å². The van der Waals surface area contributed by atoms with Crippen LogP contribution in [0.15, 0.2) is 24.3 Å². The molecule has 1 aromatic rings. The van der Waals surface area contributed by atoms with E-state index in [1.54, 1.807) is 24.3 Å². The second-order valence-corrected chi connectivity index (χ2v) is 5.51. The predicted octanol–water partition coefficient (Wildman–Crippen LogP) is 2.49. The Bertz CT molecular complexity index is 398. The van der Waals surface area contributed by atoms with Crippen molar-refractivity contribution in [3.63, 3.8) is 0 Å². The van der Waals surface area contributed by atoms with Crippen LogP contribution < -0.4 is 10.1 Å². The molecule has 1 unspecified atom stereocenters. The van der Waals surface area contributed by atoms with Crippen molar-refractivity contribution < 1.29 is 14.6 Å². The molecule has 0 saturated carbocycles. The van der Waals surface area contributed by atoms with E-state index in [1.165, 1.54) is 0 Å². The molecule has 0 aromatic heterocycles. The van der Waals surface area contributed by atoms with E-state index in [4.69, 9.17) is 9.84 Å². The molecule has 5 heteroatoms. The number of benzene rings is 1. The van der Waals surface area contributed by atoms with Crippen molar-refractivity contribution in [3.05, 3.63) is 29.8 Å². The van der Waals surface area contributed by atoms with Crippen LogP contribution in [0.4, 0.5) is 0 Å². The third-order valence-electron chi connectivity index (χ3n) is 2.78. The van der Waals surface area contributed by atoms with Gasteiger partial charge in [-0.15, -0.1) is 0 Å². The molecule has 0 aliphatic carbocycles. The summed E-state index contributed by atoms with van der Waals surface area (Å²) in [6.45, 7) is 4.34. The maximum atomic E-state index is 11.0. The van der Waals surface area contributed by atoms with Gasteiger partial charge in [0, 0.05) is 11.8 Å². The van der Waals surface area contributed by atoms with Crippen molar-refractivity contribution >= 4 is 17.7 Å². The Balaban J connectivity index is 2.24. The summed E-state index contributed by atoms with van der Waals surface area (Å²) in [6.07, 6.45) is 3.23. The van der Waals surface area contributed by atoms with Gasteiger partial charge in [-0.3, -0.25) is 0 Å². The zero-order valence-electron chi connectivity index (χ0n) is 11.4. The van der Waals surface area contributed by atoms with Gasteiger partial charge in [-0.2, -0.15) is 11.8 Å². The van der Waals surface area contributed by atoms with Gasteiger partial charge in [-0.05, 0) is 31.4 Å². The van der Waals surface area contributed by atoms with Gasteiger partial charge in [0.25, 0.3) is 0 Å². The molecule has 0 saturated heterocycles. The van der Waals surface area contributed by atoms with Gasteiger partial charge in [0.05, 0.1) is 0 Å². The molecule has 0 spiro atoms. The number of nitrogens with one attached hydrogen (secondary N) is 1. The van der Waals surface area contributed by atoms with E-state index in [9.17, 15) is 4.79 Å². The summed E-state index contributed by atoms with van der Waals surface area (Å²) >= 11 is 1.85. The molecule has 106 valence electrons. The van der Waals surface area contributed by atoms with E-state index in [0.717, 1.165) is 19.5 Å². The van der Waals surface area contributed by atoms with Crippen molar-refractivity contribution in [1.82, 2.24) is 5.32 Å². The highest BCUT2D eigenvalue weighted by atomic mass is 32.2. The number of carboxylic acids is 1. The maximum absolute atomic E-state index is 11.0. The standard InChI is InChI=1S/C14H21NO3S/c1-11(19-2)7-8-15-9-10-18-13-6-4-3-5-12(13)14(16)17/h3-6,11,15H,7-10H2,1-2H3,(H,16,17). The fourth-order valence-corrected chi connectivity index (χ4v) is 1.90. The first-order valence-electron chi connectivity index (χ1n) is 6.33. The zero-order chi connectivity index (χ0) is 14.1. The number of thioether (sulfide) groups is 1. The fourth-order valence-electron chi connectivity index (χ4n) is 1.55. The molecule has 2 N–H and O–H groups in total. The summed E-state index contributed by atoms with van der Waals surface area (Å²) in [7, 11) is 0. The van der Waals surface area contributed by atoms with Crippen LogP contribution >= 0.6 is 11.8 Å². The van der Waals surface area contributed by atoms with Crippen molar-refractivity contribution in [3.8, 4) is 5.75 Å². The van der Waals surface area contributed by atoms with Crippen LogP contribution in [0.1, 0.15) is 23.7 Å². The normalized spacial score (nSPS) is 12.1. The highest BCUT2D eigenvalue weighted by Gasteiger charge is 2.09. The molecule has 19 heavy (non-hydrogen) atoms. The highest BCUT2D eigenvalue weighted by molar-refractivity contribution is 7.99. The Hall–Kier alpha value is -1.20. The number of carbonyl (C=O) groups is 1. The molecule has 1 aromatic carbocycles. The molecular formula is C14H21NO3S. The lowest BCUT2D eigenvalue weighted by Crippen LogP contribution is -2.24. The van der Waals surface area contributed by atoms with Crippen LogP contribution in [0.5, 0.6) is 5.75 Å². The minimum absolute atomic E-state index is 0.207. The van der Waals surface area contributed by atoms with Crippen LogP contribution in [-0.4, -0.2) is 42.3 Å². The zero-order valence-corrected chi connectivity index (χ0v) is 12.2. The van der Waals surface area contributed by atoms with Crippen LogP contribution in [-0.2, 0) is 0 Å². The quantitative estimate of drug-likeness (QED) is 0.682. The number of hydrogen-bond donors (Lipinski definition) is 2. The van der Waals surface area contributed by atoms with Crippen molar-refractivity contribution in [2.45, 2.75) is 18.6 Å². The Morgan fingerprint density at radius 1 is 1.42 bits per heavy atom. The Morgan fingerprint density at radius 2 is 2.16 bits per heavy atom. The molecule has 0 radical (unpaired) electrons. The molecule has 0 fully saturated rings. The number of hydrogen-bond acceptors (Lipinski definition) is 4. The molecule has 0 heterocycles. The molecule has 1 rings (SSSR count). The smallest absolute Gasteiger partial charge is 0.339 e. The van der Waals surface area contributed by atoms with Gasteiger partial charge in [0.2, 0.25) is 0 Å². The molecule has 0 aliphatic rings. The molecular weight excluding hydrogens is 262 g/mol. The lowest BCUT2D eigenvalue weighted by atomic mass is 10.2. The SMILES string of the molecule is CSC(C)CCNCCOc1ccccc1C(=O)O. The highest BCUT2D eigenvalue weighted by Crippen LogP contribution is 2.17. The van der Waals surface area contributed by atoms with Crippen LogP contribution in [0.2, 0.25) is 0 Å². The van der Waals surface area contributed by atoms with Gasteiger partial charge in [-0.25, -0.2) is 4.79 Å². The number of carboxylic acid groups (broad SMARTS) is 1. The van der Waals surface area contributed by atoms with Gasteiger partial charge >= 0.3 is 5.97 Å². The first-order valence-corrected chi connectivity index (χ1v) is 7.62. The number of rotatable bonds is 9. The summed E-state index contributed by atoms with van der Waals surface area (Å²) in [4.78, 5) is 11.0. The van der Waals surface area contributed by atoms with Crippen LogP contribution in [0, 0.1) is 0 Å². The molecule has 0 bridgehead atoms. The van der Waals surface area contributed by atoms with E-state index < -0.39 is 5.97 Å². The lowest BCUT2D eigenvalue weighted by Gasteiger charge is -2.11.